The number of hydrogen-bond donors (Lipinski definition) is 3. The first-order chi connectivity index (χ1) is 19.2. The molecule has 10 nitrogen and oxygen atoms in total. The number of halogens is 1. The number of carboxylic acids is 1. The number of Topliss-reactive ketones (excluding diaryl/α,β-unsaturated/α-hetero) is 1. The maximum absolute atomic E-state index is 13.6. The van der Waals surface area contributed by atoms with E-state index in [4.69, 9.17) is 14.6 Å². The monoisotopic (exact) mass is 609 g/mol. The van der Waals surface area contributed by atoms with Crippen molar-refractivity contribution >= 4 is 51.1 Å². The number of carbonyl (C=O) groups excluding carboxylic acids is 3. The molecule has 2 amide bonds. The number of anilines is 2. The number of carbonyl (C=O) groups is 4. The van der Waals surface area contributed by atoms with Gasteiger partial charge in [-0.1, -0.05) is 24.3 Å². The van der Waals surface area contributed by atoms with Crippen molar-refractivity contribution in [2.75, 3.05) is 23.9 Å². The highest BCUT2D eigenvalue weighted by Crippen LogP contribution is 2.33. The Morgan fingerprint density at radius 3 is 2.33 bits per heavy atom. The van der Waals surface area contributed by atoms with Crippen LogP contribution in [-0.4, -0.2) is 52.8 Å². The molecule has 1 unspecified atom stereocenters. The molecule has 0 aliphatic carbocycles. The molecule has 1 aliphatic rings. The maximum atomic E-state index is 13.6. The first kappa shape index (κ1) is 28.8. The largest absolute Gasteiger partial charge is 0.478 e. The summed E-state index contributed by atoms with van der Waals surface area (Å²) in [7, 11) is 0. The predicted octanol–water partition coefficient (Wildman–Crippen LogP) is 5.29. The SMILES string of the molecule is CC(=O)OC1(C(=O)Cc2ccc(NC(=O)Nc3ccccc3Br)cc2)CCCN1COc1ccc(C(=O)O)cc1. The predicted molar refractivity (Wildman–Crippen MR) is 151 cm³/mol. The number of aromatic carboxylic acids is 1. The molecule has 0 spiro atoms. The van der Waals surface area contributed by atoms with E-state index in [1.165, 1.54) is 31.2 Å². The molecule has 3 aromatic rings. The highest BCUT2D eigenvalue weighted by Gasteiger charge is 2.50. The van der Waals surface area contributed by atoms with E-state index in [2.05, 4.69) is 26.6 Å². The first-order valence-electron chi connectivity index (χ1n) is 12.5. The summed E-state index contributed by atoms with van der Waals surface area (Å²) in [5.74, 6) is -1.50. The van der Waals surface area contributed by atoms with Crippen LogP contribution in [0.2, 0.25) is 0 Å². The zero-order valence-corrected chi connectivity index (χ0v) is 23.3. The minimum absolute atomic E-state index is 0.000523. The van der Waals surface area contributed by atoms with Crippen LogP contribution in [0.5, 0.6) is 5.75 Å². The number of nitrogens with zero attached hydrogens (tertiary/aromatic N) is 1. The second kappa shape index (κ2) is 12.8. The lowest BCUT2D eigenvalue weighted by atomic mass is 9.98. The average molecular weight is 610 g/mol. The molecule has 0 aromatic heterocycles. The molecule has 1 atom stereocenters. The van der Waals surface area contributed by atoms with Crippen LogP contribution in [0.3, 0.4) is 0 Å². The smallest absolute Gasteiger partial charge is 0.335 e. The Hall–Kier alpha value is -4.22. The van der Waals surface area contributed by atoms with E-state index < -0.39 is 23.7 Å². The number of likely N-dealkylation sites (tertiary alicyclic amines) is 1. The third-order valence-corrected chi connectivity index (χ3v) is 7.08. The summed E-state index contributed by atoms with van der Waals surface area (Å²) in [4.78, 5) is 50.8. The van der Waals surface area contributed by atoms with Gasteiger partial charge < -0.3 is 25.2 Å². The topological polar surface area (TPSA) is 134 Å². The fraction of sp³-hybridized carbons (Fsp3) is 0.241. The van der Waals surface area contributed by atoms with E-state index in [-0.39, 0.29) is 24.5 Å². The summed E-state index contributed by atoms with van der Waals surface area (Å²) in [6.45, 7) is 1.71. The number of carboxylic acid groups (broad SMARTS) is 1. The van der Waals surface area contributed by atoms with Gasteiger partial charge in [-0.15, -0.1) is 0 Å². The molecule has 4 rings (SSSR count). The van der Waals surface area contributed by atoms with Crippen LogP contribution in [0.15, 0.2) is 77.3 Å². The zero-order valence-electron chi connectivity index (χ0n) is 21.7. The number of para-hydroxylation sites is 1. The summed E-state index contributed by atoms with van der Waals surface area (Å²) in [6, 6.07) is 19.6. The van der Waals surface area contributed by atoms with E-state index in [9.17, 15) is 19.2 Å². The third-order valence-electron chi connectivity index (χ3n) is 6.39. The minimum atomic E-state index is -1.48. The lowest BCUT2D eigenvalue weighted by molar-refractivity contribution is -0.188. The number of ketones is 1. The Bertz CT molecular complexity index is 1400. The Kier molecular flexibility index (Phi) is 9.18. The van der Waals surface area contributed by atoms with Gasteiger partial charge in [-0.25, -0.2) is 14.5 Å². The van der Waals surface area contributed by atoms with Gasteiger partial charge in [0.15, 0.2) is 5.78 Å². The van der Waals surface area contributed by atoms with Crippen LogP contribution in [0.4, 0.5) is 16.2 Å². The summed E-state index contributed by atoms with van der Waals surface area (Å²) in [5, 5.41) is 14.6. The van der Waals surface area contributed by atoms with Crippen LogP contribution in [0, 0.1) is 0 Å². The van der Waals surface area contributed by atoms with Crippen LogP contribution in [0.1, 0.15) is 35.7 Å². The fourth-order valence-electron chi connectivity index (χ4n) is 4.47. The van der Waals surface area contributed by atoms with Crippen LogP contribution in [0.25, 0.3) is 0 Å². The number of hydrogen-bond acceptors (Lipinski definition) is 7. The maximum Gasteiger partial charge on any atom is 0.335 e. The summed E-state index contributed by atoms with van der Waals surface area (Å²) in [6.07, 6.45) is 0.942. The van der Waals surface area contributed by atoms with Gasteiger partial charge in [0.2, 0.25) is 5.72 Å². The van der Waals surface area contributed by atoms with Crippen molar-refractivity contribution < 1.29 is 33.8 Å². The number of urea groups is 1. The zero-order chi connectivity index (χ0) is 28.7. The van der Waals surface area contributed by atoms with E-state index >= 15 is 0 Å². The van der Waals surface area contributed by atoms with E-state index in [0.717, 1.165) is 4.47 Å². The Morgan fingerprint density at radius 1 is 0.975 bits per heavy atom. The Morgan fingerprint density at radius 2 is 1.68 bits per heavy atom. The fourth-order valence-corrected chi connectivity index (χ4v) is 4.85. The van der Waals surface area contributed by atoms with Gasteiger partial charge in [0.05, 0.1) is 11.3 Å². The van der Waals surface area contributed by atoms with Crippen molar-refractivity contribution in [3.8, 4) is 5.75 Å². The molecule has 208 valence electrons. The lowest BCUT2D eigenvalue weighted by Gasteiger charge is -2.35. The molecule has 1 heterocycles. The Balaban J connectivity index is 1.40. The van der Waals surface area contributed by atoms with Crippen LogP contribution < -0.4 is 15.4 Å². The molecule has 40 heavy (non-hydrogen) atoms. The lowest BCUT2D eigenvalue weighted by Crippen LogP contribution is -2.55. The second-order valence-corrected chi connectivity index (χ2v) is 10.1. The molecule has 3 N–H and O–H groups in total. The molecule has 1 saturated heterocycles. The van der Waals surface area contributed by atoms with Gasteiger partial charge in [0.25, 0.3) is 0 Å². The minimum Gasteiger partial charge on any atom is -0.478 e. The van der Waals surface area contributed by atoms with Crippen molar-refractivity contribution in [1.82, 2.24) is 4.90 Å². The van der Waals surface area contributed by atoms with Crippen LogP contribution >= 0.6 is 15.9 Å². The normalized spacial score (nSPS) is 16.6. The molecular formula is C29H28BrN3O7. The number of ether oxygens (including phenoxy) is 2. The van der Waals surface area contributed by atoms with Gasteiger partial charge in [0, 0.05) is 36.5 Å². The van der Waals surface area contributed by atoms with Crippen molar-refractivity contribution in [2.24, 2.45) is 0 Å². The number of rotatable bonds is 10. The standard InChI is InChI=1S/C29H28BrN3O7/c1-19(34)40-29(15-4-16-33(29)18-39-23-13-9-21(10-14-23)27(36)37)26(35)17-20-7-11-22(12-8-20)31-28(38)32-25-6-3-2-5-24(25)30/h2-3,5-14H,4,15-18H2,1H3,(H,36,37)(H2,31,32,38). The van der Waals surface area contributed by atoms with E-state index in [1.54, 1.807) is 35.2 Å². The number of amides is 2. The van der Waals surface area contributed by atoms with Gasteiger partial charge in [0.1, 0.15) is 12.5 Å². The third kappa shape index (κ3) is 7.04. The molecule has 0 radical (unpaired) electrons. The van der Waals surface area contributed by atoms with Crippen molar-refractivity contribution in [2.45, 2.75) is 31.9 Å². The molecule has 3 aromatic carbocycles. The summed E-state index contributed by atoms with van der Waals surface area (Å²) < 4.78 is 12.2. The van der Waals surface area contributed by atoms with Crippen molar-refractivity contribution in [1.29, 1.82) is 0 Å². The molecule has 0 bridgehead atoms. The van der Waals surface area contributed by atoms with Gasteiger partial charge in [-0.05, 0) is 76.4 Å². The first-order valence-corrected chi connectivity index (χ1v) is 13.3. The second-order valence-electron chi connectivity index (χ2n) is 9.20. The number of nitrogens with one attached hydrogen (secondary N) is 2. The Labute approximate surface area is 239 Å². The quantitative estimate of drug-likeness (QED) is 0.264. The highest BCUT2D eigenvalue weighted by molar-refractivity contribution is 9.10. The number of esters is 1. The summed E-state index contributed by atoms with van der Waals surface area (Å²) >= 11 is 3.39. The van der Waals surface area contributed by atoms with E-state index in [0.29, 0.717) is 42.1 Å². The van der Waals surface area contributed by atoms with Crippen molar-refractivity contribution in [3.05, 3.63) is 88.4 Å². The highest BCUT2D eigenvalue weighted by atomic mass is 79.9. The molecular weight excluding hydrogens is 582 g/mol. The molecule has 11 heteroatoms. The van der Waals surface area contributed by atoms with Crippen LogP contribution in [-0.2, 0) is 20.7 Å². The van der Waals surface area contributed by atoms with Gasteiger partial charge >= 0.3 is 18.0 Å². The van der Waals surface area contributed by atoms with E-state index in [1.807, 2.05) is 18.2 Å². The number of benzene rings is 3. The van der Waals surface area contributed by atoms with Crippen molar-refractivity contribution in [3.63, 3.8) is 0 Å². The molecule has 1 aliphatic heterocycles. The van der Waals surface area contributed by atoms with Gasteiger partial charge in [-0.3, -0.25) is 9.59 Å². The van der Waals surface area contributed by atoms with Gasteiger partial charge in [-0.2, -0.15) is 0 Å². The average Bonchev–Trinajstić information content (AvgIpc) is 3.33. The summed E-state index contributed by atoms with van der Waals surface area (Å²) in [5.41, 5.74) is 0.502. The molecule has 0 saturated carbocycles. The molecule has 1 fully saturated rings.